The van der Waals surface area contributed by atoms with Crippen molar-refractivity contribution in [1.29, 1.82) is 0 Å². The van der Waals surface area contributed by atoms with Gasteiger partial charge in [0.25, 0.3) is 0 Å². The highest BCUT2D eigenvalue weighted by molar-refractivity contribution is 5.79. The molecule has 0 bridgehead atoms. The van der Waals surface area contributed by atoms with Crippen LogP contribution in [0.4, 0.5) is 0 Å². The van der Waals surface area contributed by atoms with Gasteiger partial charge in [0.05, 0.1) is 7.11 Å². The molecular formula is C14H28N2O3. The quantitative estimate of drug-likeness (QED) is 0.556. The molecule has 1 fully saturated rings. The molecule has 1 rings (SSSR count). The molecule has 0 aliphatic carbocycles. The molecule has 112 valence electrons. The first kappa shape index (κ1) is 16.4. The number of carbonyl (C=O) groups is 1. The van der Waals surface area contributed by atoms with Gasteiger partial charge in [-0.1, -0.05) is 0 Å². The minimum Gasteiger partial charge on any atom is -0.468 e. The second-order valence-corrected chi connectivity index (χ2v) is 5.69. The molecule has 0 spiro atoms. The minimum absolute atomic E-state index is 0.328. The third kappa shape index (κ3) is 5.47. The monoisotopic (exact) mass is 272 g/mol. The Balaban J connectivity index is 2.17. The highest BCUT2D eigenvalue weighted by Gasteiger charge is 2.28. The predicted octanol–water partition coefficient (Wildman–Crippen LogP) is 1.16. The number of rotatable bonds is 7. The Kier molecular flexibility index (Phi) is 6.75. The molecule has 1 aliphatic rings. The Bertz CT molecular complexity index is 276. The molecule has 5 nitrogen and oxygen atoms in total. The van der Waals surface area contributed by atoms with E-state index in [2.05, 4.69) is 11.9 Å². The minimum atomic E-state index is -0.855. The maximum atomic E-state index is 11.4. The van der Waals surface area contributed by atoms with Gasteiger partial charge in [0.15, 0.2) is 0 Å². The fraction of sp³-hybridized carbons (Fsp3) is 0.929. The van der Waals surface area contributed by atoms with Crippen LogP contribution in [0, 0.1) is 0 Å². The van der Waals surface area contributed by atoms with Crippen LogP contribution in [0.15, 0.2) is 0 Å². The second kappa shape index (κ2) is 7.82. The van der Waals surface area contributed by atoms with Gasteiger partial charge in [-0.2, -0.15) is 0 Å². The summed E-state index contributed by atoms with van der Waals surface area (Å²) in [6, 6.07) is 0.638. The van der Waals surface area contributed by atoms with Gasteiger partial charge in [0, 0.05) is 19.3 Å². The lowest BCUT2D eigenvalue weighted by Crippen LogP contribution is -2.45. The number of hydrogen-bond donors (Lipinski definition) is 1. The first-order valence-corrected chi connectivity index (χ1v) is 7.12. The topological polar surface area (TPSA) is 64.8 Å². The third-order valence-corrected chi connectivity index (χ3v) is 3.92. The van der Waals surface area contributed by atoms with Crippen LogP contribution in [0.25, 0.3) is 0 Å². The standard InChI is InChI=1S/C14H28N2O3/c1-14(15,13(17)18-3)8-4-5-9-16(2)12-6-10-19-11-7-12/h12H,4-11,15H2,1-3H3. The molecule has 0 radical (unpaired) electrons. The molecule has 5 heteroatoms. The van der Waals surface area contributed by atoms with E-state index in [-0.39, 0.29) is 5.97 Å². The Morgan fingerprint density at radius 3 is 2.63 bits per heavy atom. The van der Waals surface area contributed by atoms with Gasteiger partial charge < -0.3 is 20.1 Å². The lowest BCUT2D eigenvalue weighted by Gasteiger charge is -2.31. The SMILES string of the molecule is COC(=O)C(C)(N)CCCCN(C)C1CCOCC1. The van der Waals surface area contributed by atoms with E-state index in [4.69, 9.17) is 15.2 Å². The van der Waals surface area contributed by atoms with E-state index >= 15 is 0 Å². The molecule has 0 amide bonds. The fourth-order valence-electron chi connectivity index (χ4n) is 2.50. The summed E-state index contributed by atoms with van der Waals surface area (Å²) in [5.41, 5.74) is 5.07. The van der Waals surface area contributed by atoms with E-state index in [9.17, 15) is 4.79 Å². The van der Waals surface area contributed by atoms with Crippen molar-refractivity contribution in [3.05, 3.63) is 0 Å². The van der Waals surface area contributed by atoms with Crippen LogP contribution in [-0.2, 0) is 14.3 Å². The molecule has 1 atom stereocenters. The number of nitrogens with two attached hydrogens (primary N) is 1. The van der Waals surface area contributed by atoms with Crippen LogP contribution in [-0.4, -0.2) is 56.4 Å². The molecule has 1 unspecified atom stereocenters. The van der Waals surface area contributed by atoms with Crippen molar-refractivity contribution < 1.29 is 14.3 Å². The van der Waals surface area contributed by atoms with Gasteiger partial charge in [0.1, 0.15) is 5.54 Å². The third-order valence-electron chi connectivity index (χ3n) is 3.92. The first-order chi connectivity index (χ1) is 8.97. The summed E-state index contributed by atoms with van der Waals surface area (Å²) in [6.07, 6.45) is 4.90. The van der Waals surface area contributed by atoms with Crippen molar-refractivity contribution in [2.45, 2.75) is 50.6 Å². The normalized spacial score (nSPS) is 20.3. The van der Waals surface area contributed by atoms with Crippen molar-refractivity contribution in [2.75, 3.05) is 33.9 Å². The molecule has 0 aromatic carbocycles. The number of hydrogen-bond acceptors (Lipinski definition) is 5. The average molecular weight is 272 g/mol. The molecule has 19 heavy (non-hydrogen) atoms. The summed E-state index contributed by atoms with van der Waals surface area (Å²) < 4.78 is 10.1. The van der Waals surface area contributed by atoms with Crippen LogP contribution in [0.3, 0.4) is 0 Å². The Hall–Kier alpha value is -0.650. The van der Waals surface area contributed by atoms with Crippen LogP contribution in [0.2, 0.25) is 0 Å². The zero-order chi connectivity index (χ0) is 14.3. The number of unbranched alkanes of at least 4 members (excludes halogenated alkanes) is 1. The molecule has 0 aromatic rings. The highest BCUT2D eigenvalue weighted by atomic mass is 16.5. The van der Waals surface area contributed by atoms with Gasteiger partial charge in [0.2, 0.25) is 0 Å². The predicted molar refractivity (Wildman–Crippen MR) is 74.9 cm³/mol. The van der Waals surface area contributed by atoms with Crippen molar-refractivity contribution >= 4 is 5.97 Å². The molecule has 1 saturated heterocycles. The van der Waals surface area contributed by atoms with Gasteiger partial charge in [-0.05, 0) is 52.6 Å². The maximum Gasteiger partial charge on any atom is 0.325 e. The lowest BCUT2D eigenvalue weighted by atomic mass is 9.96. The maximum absolute atomic E-state index is 11.4. The van der Waals surface area contributed by atoms with Crippen LogP contribution >= 0.6 is 0 Å². The smallest absolute Gasteiger partial charge is 0.325 e. The molecule has 1 heterocycles. The lowest BCUT2D eigenvalue weighted by molar-refractivity contribution is -0.146. The van der Waals surface area contributed by atoms with Gasteiger partial charge in [-0.3, -0.25) is 4.79 Å². The van der Waals surface area contributed by atoms with E-state index in [1.807, 2.05) is 0 Å². The van der Waals surface area contributed by atoms with Crippen molar-refractivity contribution in [3.63, 3.8) is 0 Å². The number of carbonyl (C=O) groups excluding carboxylic acids is 1. The van der Waals surface area contributed by atoms with Crippen LogP contribution in [0.5, 0.6) is 0 Å². The van der Waals surface area contributed by atoms with E-state index < -0.39 is 5.54 Å². The number of methoxy groups -OCH3 is 1. The molecule has 0 saturated carbocycles. The van der Waals surface area contributed by atoms with Crippen LogP contribution in [0.1, 0.15) is 39.0 Å². The first-order valence-electron chi connectivity index (χ1n) is 7.12. The Morgan fingerprint density at radius 1 is 1.42 bits per heavy atom. The summed E-state index contributed by atoms with van der Waals surface area (Å²) in [4.78, 5) is 13.8. The average Bonchev–Trinajstić information content (AvgIpc) is 2.43. The summed E-state index contributed by atoms with van der Waals surface area (Å²) in [7, 11) is 3.55. The molecule has 2 N–H and O–H groups in total. The van der Waals surface area contributed by atoms with Gasteiger partial charge >= 0.3 is 5.97 Å². The number of esters is 1. The van der Waals surface area contributed by atoms with Gasteiger partial charge in [-0.15, -0.1) is 0 Å². The molecule has 0 aromatic heterocycles. The zero-order valence-electron chi connectivity index (χ0n) is 12.5. The highest BCUT2D eigenvalue weighted by Crippen LogP contribution is 2.16. The fourth-order valence-corrected chi connectivity index (χ4v) is 2.50. The second-order valence-electron chi connectivity index (χ2n) is 5.69. The zero-order valence-corrected chi connectivity index (χ0v) is 12.5. The Morgan fingerprint density at radius 2 is 2.05 bits per heavy atom. The van der Waals surface area contributed by atoms with Crippen molar-refractivity contribution in [3.8, 4) is 0 Å². The van der Waals surface area contributed by atoms with Crippen molar-refractivity contribution in [2.24, 2.45) is 5.73 Å². The van der Waals surface area contributed by atoms with Crippen LogP contribution < -0.4 is 5.73 Å². The molecule has 1 aliphatic heterocycles. The van der Waals surface area contributed by atoms with E-state index in [1.165, 1.54) is 7.11 Å². The number of ether oxygens (including phenoxy) is 2. The summed E-state index contributed by atoms with van der Waals surface area (Å²) in [6.45, 7) is 4.53. The van der Waals surface area contributed by atoms with Gasteiger partial charge in [-0.25, -0.2) is 0 Å². The largest absolute Gasteiger partial charge is 0.468 e. The number of nitrogens with zero attached hydrogens (tertiary/aromatic N) is 1. The van der Waals surface area contributed by atoms with E-state index in [1.54, 1.807) is 6.92 Å². The summed E-state index contributed by atoms with van der Waals surface area (Å²) >= 11 is 0. The molecular weight excluding hydrogens is 244 g/mol. The van der Waals surface area contributed by atoms with E-state index in [0.29, 0.717) is 12.5 Å². The van der Waals surface area contributed by atoms with E-state index in [0.717, 1.165) is 45.4 Å². The van der Waals surface area contributed by atoms with Crippen molar-refractivity contribution in [1.82, 2.24) is 4.90 Å². The summed E-state index contributed by atoms with van der Waals surface area (Å²) in [5.74, 6) is -0.328. The summed E-state index contributed by atoms with van der Waals surface area (Å²) in [5, 5.41) is 0. The Labute approximate surface area is 116 Å².